The van der Waals surface area contributed by atoms with Crippen molar-refractivity contribution >= 4 is 17.1 Å². The second-order valence-corrected chi connectivity index (χ2v) is 22.2. The Morgan fingerprint density at radius 2 is 0.603 bits per heavy atom. The standard InChI is InChI=1S/C72H57N/c1-5-17-55(18-6-1)71(56-19-7-2-8-20-56)66-27-15-13-25-62(66)64-39-37-60(44-68(64)71)73(59-35-31-53(32-36-59)52-29-33-54(34-30-52)70-46-49-41-50(47-70)43-51(42-49)48-70)61-38-40-65-63-26-14-16-28-67(63)72(69(65)45-61,57-21-9-3-10-22-57)58-23-11-4-12-24-58/h1-40,44-45,49-51H,41-43,46-48H2. The fourth-order valence-corrected chi connectivity index (χ4v) is 15.9. The van der Waals surface area contributed by atoms with Gasteiger partial charge in [-0.25, -0.2) is 0 Å². The third kappa shape index (κ3) is 6.34. The highest BCUT2D eigenvalue weighted by Gasteiger charge is 2.52. The monoisotopic (exact) mass is 935 g/mol. The molecule has 350 valence electrons. The van der Waals surface area contributed by atoms with Crippen LogP contribution >= 0.6 is 0 Å². The minimum atomic E-state index is -0.530. The summed E-state index contributed by atoms with van der Waals surface area (Å²) < 4.78 is 0. The lowest BCUT2D eigenvalue weighted by Gasteiger charge is -2.57. The van der Waals surface area contributed by atoms with Gasteiger partial charge in [0.1, 0.15) is 0 Å². The SMILES string of the molecule is c1ccc(C2(c3ccccc3)c3ccccc3-c3ccc(N(c4ccc(-c5ccc(C67CC8CC(CC(C8)C6)C7)cc5)cc4)c4ccc5c(c4)C(c4ccccc4)(c4ccccc4)c4ccccc4-5)cc32)cc1. The number of anilines is 3. The van der Waals surface area contributed by atoms with Crippen LogP contribution in [-0.4, -0.2) is 0 Å². The van der Waals surface area contributed by atoms with Crippen molar-refractivity contribution in [2.45, 2.75) is 54.8 Å². The molecule has 0 atom stereocenters. The van der Waals surface area contributed by atoms with Gasteiger partial charge in [-0.3, -0.25) is 0 Å². The van der Waals surface area contributed by atoms with Gasteiger partial charge in [0.05, 0.1) is 10.8 Å². The topological polar surface area (TPSA) is 3.24 Å². The first-order valence-electron chi connectivity index (χ1n) is 26.8. The van der Waals surface area contributed by atoms with E-state index < -0.39 is 10.8 Å². The van der Waals surface area contributed by atoms with Crippen LogP contribution in [-0.2, 0) is 16.2 Å². The van der Waals surface area contributed by atoms with Gasteiger partial charge in [0, 0.05) is 17.1 Å². The smallest absolute Gasteiger partial charge is 0.0714 e. The number of nitrogens with zero attached hydrogens (tertiary/aromatic N) is 1. The van der Waals surface area contributed by atoms with Crippen LogP contribution in [0.1, 0.15) is 88.6 Å². The number of benzene rings is 10. The van der Waals surface area contributed by atoms with Gasteiger partial charge in [0.15, 0.2) is 0 Å². The summed E-state index contributed by atoms with van der Waals surface area (Å²) in [4.78, 5) is 2.52. The Bertz CT molecular complexity index is 3390. The number of hydrogen-bond donors (Lipinski definition) is 0. The molecule has 4 fully saturated rings. The quantitative estimate of drug-likeness (QED) is 0.139. The van der Waals surface area contributed by atoms with Crippen molar-refractivity contribution in [1.29, 1.82) is 0 Å². The fourth-order valence-electron chi connectivity index (χ4n) is 15.9. The molecule has 0 heterocycles. The first kappa shape index (κ1) is 42.7. The van der Waals surface area contributed by atoms with Gasteiger partial charge in [0.2, 0.25) is 0 Å². The summed E-state index contributed by atoms with van der Waals surface area (Å²) >= 11 is 0. The Balaban J connectivity index is 0.922. The van der Waals surface area contributed by atoms with Crippen LogP contribution in [0, 0.1) is 17.8 Å². The highest BCUT2D eigenvalue weighted by atomic mass is 15.1. The molecule has 10 aromatic carbocycles. The number of hydrogen-bond acceptors (Lipinski definition) is 1. The summed E-state index contributed by atoms with van der Waals surface area (Å²) in [7, 11) is 0. The predicted molar refractivity (Wildman–Crippen MR) is 301 cm³/mol. The highest BCUT2D eigenvalue weighted by molar-refractivity contribution is 5.92. The van der Waals surface area contributed by atoms with Crippen molar-refractivity contribution in [3.63, 3.8) is 0 Å². The Kier molecular flexibility index (Phi) is 9.65. The van der Waals surface area contributed by atoms with Crippen LogP contribution in [0.15, 0.2) is 255 Å². The molecule has 1 heteroatoms. The minimum absolute atomic E-state index is 0.392. The van der Waals surface area contributed by atoms with E-state index in [1.54, 1.807) is 5.56 Å². The summed E-state index contributed by atoms with van der Waals surface area (Å²) in [6.45, 7) is 0. The molecule has 73 heavy (non-hydrogen) atoms. The first-order chi connectivity index (χ1) is 36.1. The van der Waals surface area contributed by atoms with Crippen molar-refractivity contribution in [2.24, 2.45) is 17.8 Å². The van der Waals surface area contributed by atoms with Crippen molar-refractivity contribution in [3.8, 4) is 33.4 Å². The molecule has 0 aromatic heterocycles. The van der Waals surface area contributed by atoms with Gasteiger partial charge in [-0.2, -0.15) is 0 Å². The van der Waals surface area contributed by atoms with Crippen LogP contribution < -0.4 is 4.90 Å². The molecule has 0 N–H and O–H groups in total. The van der Waals surface area contributed by atoms with Gasteiger partial charge < -0.3 is 4.90 Å². The van der Waals surface area contributed by atoms with Crippen molar-refractivity contribution in [2.75, 3.05) is 4.90 Å². The highest BCUT2D eigenvalue weighted by Crippen LogP contribution is 2.62. The fraction of sp³-hybridized carbons (Fsp3) is 0.167. The van der Waals surface area contributed by atoms with E-state index in [1.807, 2.05) is 0 Å². The Labute approximate surface area is 430 Å². The molecule has 0 spiro atoms. The lowest BCUT2D eigenvalue weighted by atomic mass is 9.48. The minimum Gasteiger partial charge on any atom is -0.310 e. The second kappa shape index (κ2) is 16.5. The normalized spacial score (nSPS) is 21.0. The predicted octanol–water partition coefficient (Wildman–Crippen LogP) is 18.0. The maximum atomic E-state index is 2.52. The van der Waals surface area contributed by atoms with Crippen LogP contribution in [0.5, 0.6) is 0 Å². The molecule has 0 unspecified atom stereocenters. The molecule has 6 aliphatic rings. The molecular weight excluding hydrogens is 879 g/mol. The van der Waals surface area contributed by atoms with E-state index in [-0.39, 0.29) is 0 Å². The van der Waals surface area contributed by atoms with Gasteiger partial charge >= 0.3 is 0 Å². The van der Waals surface area contributed by atoms with E-state index in [0.717, 1.165) is 34.8 Å². The Morgan fingerprint density at radius 1 is 0.274 bits per heavy atom. The van der Waals surface area contributed by atoms with Crippen LogP contribution in [0.3, 0.4) is 0 Å². The largest absolute Gasteiger partial charge is 0.310 e. The zero-order valence-electron chi connectivity index (χ0n) is 41.2. The molecule has 16 rings (SSSR count). The Hall–Kier alpha value is -8.00. The summed E-state index contributed by atoms with van der Waals surface area (Å²) in [5.74, 6) is 2.80. The molecule has 10 aromatic rings. The van der Waals surface area contributed by atoms with E-state index >= 15 is 0 Å². The average Bonchev–Trinajstić information content (AvgIpc) is 3.92. The van der Waals surface area contributed by atoms with Crippen molar-refractivity contribution < 1.29 is 0 Å². The van der Waals surface area contributed by atoms with E-state index in [4.69, 9.17) is 0 Å². The van der Waals surface area contributed by atoms with Gasteiger partial charge in [0.25, 0.3) is 0 Å². The lowest BCUT2D eigenvalue weighted by molar-refractivity contribution is -0.00518. The Morgan fingerprint density at radius 3 is 1.00 bits per heavy atom. The number of rotatable bonds is 9. The third-order valence-electron chi connectivity index (χ3n) is 18.4. The molecular formula is C72H57N. The van der Waals surface area contributed by atoms with E-state index in [2.05, 4.69) is 260 Å². The first-order valence-corrected chi connectivity index (χ1v) is 26.8. The molecule has 1 nitrogen and oxygen atoms in total. The molecule has 0 aliphatic heterocycles. The number of fused-ring (bicyclic) bond motifs is 6. The maximum Gasteiger partial charge on any atom is 0.0714 e. The average molecular weight is 936 g/mol. The maximum absolute atomic E-state index is 2.52. The van der Waals surface area contributed by atoms with E-state index in [1.165, 1.54) is 116 Å². The van der Waals surface area contributed by atoms with Crippen molar-refractivity contribution in [3.05, 3.63) is 305 Å². The van der Waals surface area contributed by atoms with Crippen LogP contribution in [0.2, 0.25) is 0 Å². The lowest BCUT2D eigenvalue weighted by Crippen LogP contribution is -2.48. The van der Waals surface area contributed by atoms with Crippen LogP contribution in [0.25, 0.3) is 33.4 Å². The molecule has 6 aliphatic carbocycles. The summed E-state index contributed by atoms with van der Waals surface area (Å²) in [5, 5.41) is 0. The summed E-state index contributed by atoms with van der Waals surface area (Å²) in [6.07, 6.45) is 8.59. The molecule has 0 radical (unpaired) electrons. The zero-order chi connectivity index (χ0) is 48.1. The van der Waals surface area contributed by atoms with Crippen LogP contribution in [0.4, 0.5) is 17.1 Å². The second-order valence-electron chi connectivity index (χ2n) is 22.2. The molecule has 4 saturated carbocycles. The molecule has 4 bridgehead atoms. The van der Waals surface area contributed by atoms with E-state index in [0.29, 0.717) is 5.41 Å². The summed E-state index contributed by atoms with van der Waals surface area (Å²) in [5.41, 5.74) is 22.2. The zero-order valence-corrected chi connectivity index (χ0v) is 41.2. The third-order valence-corrected chi connectivity index (χ3v) is 18.4. The van der Waals surface area contributed by atoms with E-state index in [9.17, 15) is 0 Å². The molecule has 0 amide bonds. The van der Waals surface area contributed by atoms with Crippen molar-refractivity contribution in [1.82, 2.24) is 0 Å². The van der Waals surface area contributed by atoms with Gasteiger partial charge in [-0.05, 0) is 182 Å². The molecule has 0 saturated heterocycles. The van der Waals surface area contributed by atoms with Gasteiger partial charge in [-0.15, -0.1) is 0 Å². The van der Waals surface area contributed by atoms with Gasteiger partial charge in [-0.1, -0.05) is 218 Å². The summed E-state index contributed by atoms with van der Waals surface area (Å²) in [6, 6.07) is 96.6.